The van der Waals surface area contributed by atoms with Crippen LogP contribution in [0.4, 0.5) is 4.39 Å². The van der Waals surface area contributed by atoms with Crippen LogP contribution in [0, 0.1) is 11.2 Å². The number of hydrogen-bond acceptors (Lipinski definition) is 2. The Hall–Kier alpha value is -1.88. The van der Waals surface area contributed by atoms with Gasteiger partial charge in [-0.2, -0.15) is 0 Å². The van der Waals surface area contributed by atoms with E-state index in [1.165, 1.54) is 18.2 Å². The number of amidine groups is 1. The zero-order valence-electron chi connectivity index (χ0n) is 9.28. The Morgan fingerprint density at radius 3 is 2.44 bits per heavy atom. The summed E-state index contributed by atoms with van der Waals surface area (Å²) in [6.07, 6.45) is 0. The molecule has 0 aliphatic carbocycles. The molecule has 0 fully saturated rings. The molecular formula is C13H10BrFN2O. The van der Waals surface area contributed by atoms with Crippen LogP contribution in [0.15, 0.2) is 46.9 Å². The van der Waals surface area contributed by atoms with E-state index >= 15 is 0 Å². The maximum atomic E-state index is 13.1. The summed E-state index contributed by atoms with van der Waals surface area (Å²) >= 11 is 3.32. The lowest BCUT2D eigenvalue weighted by Gasteiger charge is -2.10. The van der Waals surface area contributed by atoms with E-state index in [0.29, 0.717) is 11.5 Å². The number of ether oxygens (including phenoxy) is 1. The van der Waals surface area contributed by atoms with Crippen LogP contribution in [0.3, 0.4) is 0 Å². The molecule has 2 aromatic rings. The maximum absolute atomic E-state index is 13.1. The second-order valence-electron chi connectivity index (χ2n) is 3.61. The second-order valence-corrected chi connectivity index (χ2v) is 4.53. The topological polar surface area (TPSA) is 59.1 Å². The summed E-state index contributed by atoms with van der Waals surface area (Å²) in [7, 11) is 0. The van der Waals surface area contributed by atoms with E-state index in [0.717, 1.165) is 4.47 Å². The predicted octanol–water partition coefficient (Wildman–Crippen LogP) is 3.66. The first kappa shape index (κ1) is 12.6. The second kappa shape index (κ2) is 5.18. The minimum atomic E-state index is -0.455. The van der Waals surface area contributed by atoms with Crippen LogP contribution < -0.4 is 10.5 Å². The van der Waals surface area contributed by atoms with Crippen molar-refractivity contribution >= 4 is 21.8 Å². The number of rotatable bonds is 3. The van der Waals surface area contributed by atoms with Crippen molar-refractivity contribution in [3.8, 4) is 11.5 Å². The minimum absolute atomic E-state index is 0.234. The van der Waals surface area contributed by atoms with Crippen LogP contribution in [0.5, 0.6) is 11.5 Å². The van der Waals surface area contributed by atoms with Crippen LogP contribution >= 0.6 is 15.9 Å². The number of nitrogen functional groups attached to an aromatic ring is 1. The molecule has 2 rings (SSSR count). The smallest absolute Gasteiger partial charge is 0.138 e. The molecule has 0 saturated carbocycles. The minimum Gasteiger partial charge on any atom is -0.457 e. The van der Waals surface area contributed by atoms with Gasteiger partial charge in [-0.3, -0.25) is 5.41 Å². The largest absolute Gasteiger partial charge is 0.457 e. The molecule has 0 unspecified atom stereocenters. The van der Waals surface area contributed by atoms with Gasteiger partial charge < -0.3 is 10.5 Å². The number of halogens is 2. The Labute approximate surface area is 112 Å². The number of benzene rings is 2. The van der Waals surface area contributed by atoms with Crippen LogP contribution in [-0.4, -0.2) is 5.84 Å². The van der Waals surface area contributed by atoms with Gasteiger partial charge in [0.15, 0.2) is 0 Å². The van der Waals surface area contributed by atoms with E-state index in [4.69, 9.17) is 15.9 Å². The highest BCUT2D eigenvalue weighted by Gasteiger charge is 2.09. The van der Waals surface area contributed by atoms with Crippen molar-refractivity contribution in [3.63, 3.8) is 0 Å². The van der Waals surface area contributed by atoms with Gasteiger partial charge in [0.2, 0.25) is 0 Å². The summed E-state index contributed by atoms with van der Waals surface area (Å²) < 4.78 is 19.6. The maximum Gasteiger partial charge on any atom is 0.138 e. The normalized spacial score (nSPS) is 10.1. The summed E-state index contributed by atoms with van der Waals surface area (Å²) in [5.41, 5.74) is 5.62. The number of hydrogen-bond donors (Lipinski definition) is 2. The van der Waals surface area contributed by atoms with Crippen LogP contribution in [0.25, 0.3) is 0 Å². The lowest BCUT2D eigenvalue weighted by molar-refractivity contribution is 0.479. The fourth-order valence-corrected chi connectivity index (χ4v) is 1.70. The van der Waals surface area contributed by atoms with Gasteiger partial charge in [-0.05, 0) is 42.5 Å². The van der Waals surface area contributed by atoms with Gasteiger partial charge >= 0.3 is 0 Å². The van der Waals surface area contributed by atoms with Crippen molar-refractivity contribution < 1.29 is 9.13 Å². The molecule has 0 aliphatic heterocycles. The highest BCUT2D eigenvalue weighted by molar-refractivity contribution is 9.10. The Morgan fingerprint density at radius 2 is 1.83 bits per heavy atom. The zero-order chi connectivity index (χ0) is 13.1. The van der Waals surface area contributed by atoms with Crippen molar-refractivity contribution in [1.82, 2.24) is 0 Å². The van der Waals surface area contributed by atoms with Crippen molar-refractivity contribution in [2.75, 3.05) is 0 Å². The van der Waals surface area contributed by atoms with Gasteiger partial charge in [-0.1, -0.05) is 15.9 Å². The van der Waals surface area contributed by atoms with E-state index in [9.17, 15) is 4.39 Å². The number of nitrogens with one attached hydrogen (secondary N) is 1. The summed E-state index contributed by atoms with van der Waals surface area (Å²) in [4.78, 5) is 0. The molecule has 0 bridgehead atoms. The SMILES string of the molecule is N=C(N)c1cc(F)ccc1Oc1ccc(Br)cc1. The molecule has 0 atom stereocenters. The van der Waals surface area contributed by atoms with E-state index in [1.54, 1.807) is 12.1 Å². The molecule has 0 spiro atoms. The number of nitrogens with two attached hydrogens (primary N) is 1. The average molecular weight is 309 g/mol. The van der Waals surface area contributed by atoms with Crippen molar-refractivity contribution in [2.45, 2.75) is 0 Å². The van der Waals surface area contributed by atoms with Crippen molar-refractivity contribution in [3.05, 3.63) is 58.3 Å². The van der Waals surface area contributed by atoms with E-state index in [-0.39, 0.29) is 11.4 Å². The molecular weight excluding hydrogens is 299 g/mol. The average Bonchev–Trinajstić information content (AvgIpc) is 2.34. The highest BCUT2D eigenvalue weighted by Crippen LogP contribution is 2.26. The van der Waals surface area contributed by atoms with Crippen LogP contribution in [-0.2, 0) is 0 Å². The molecule has 92 valence electrons. The molecule has 0 aliphatic rings. The van der Waals surface area contributed by atoms with Gasteiger partial charge in [0, 0.05) is 4.47 Å². The first-order valence-electron chi connectivity index (χ1n) is 5.13. The van der Waals surface area contributed by atoms with Crippen LogP contribution in [0.2, 0.25) is 0 Å². The summed E-state index contributed by atoms with van der Waals surface area (Å²) in [5.74, 6) is 0.253. The lowest BCUT2D eigenvalue weighted by Crippen LogP contribution is -2.12. The Bertz CT molecular complexity index is 584. The summed E-state index contributed by atoms with van der Waals surface area (Å²) in [5, 5.41) is 7.40. The Balaban J connectivity index is 2.34. The molecule has 3 N–H and O–H groups in total. The Kier molecular flexibility index (Phi) is 3.62. The quantitative estimate of drug-likeness (QED) is 0.671. The first-order chi connectivity index (χ1) is 8.56. The predicted molar refractivity (Wildman–Crippen MR) is 71.6 cm³/mol. The third kappa shape index (κ3) is 2.87. The van der Waals surface area contributed by atoms with Gasteiger partial charge in [-0.25, -0.2) is 4.39 Å². The summed E-state index contributed by atoms with van der Waals surface area (Å²) in [6.45, 7) is 0. The lowest BCUT2D eigenvalue weighted by atomic mass is 10.2. The molecule has 0 radical (unpaired) electrons. The third-order valence-electron chi connectivity index (χ3n) is 2.27. The monoisotopic (exact) mass is 308 g/mol. The molecule has 18 heavy (non-hydrogen) atoms. The van der Waals surface area contributed by atoms with Gasteiger partial charge in [0.25, 0.3) is 0 Å². The van der Waals surface area contributed by atoms with Crippen LogP contribution in [0.1, 0.15) is 5.56 Å². The van der Waals surface area contributed by atoms with E-state index in [1.807, 2.05) is 12.1 Å². The van der Waals surface area contributed by atoms with Gasteiger partial charge in [0.05, 0.1) is 5.56 Å². The summed E-state index contributed by atoms with van der Waals surface area (Å²) in [6, 6.07) is 11.1. The highest BCUT2D eigenvalue weighted by atomic mass is 79.9. The fraction of sp³-hybridized carbons (Fsp3) is 0. The third-order valence-corrected chi connectivity index (χ3v) is 2.80. The van der Waals surface area contributed by atoms with Gasteiger partial charge in [0.1, 0.15) is 23.2 Å². The molecule has 3 nitrogen and oxygen atoms in total. The molecule has 2 aromatic carbocycles. The first-order valence-corrected chi connectivity index (χ1v) is 5.93. The fourth-order valence-electron chi connectivity index (χ4n) is 1.43. The van der Waals surface area contributed by atoms with Gasteiger partial charge in [-0.15, -0.1) is 0 Å². The molecule has 5 heteroatoms. The van der Waals surface area contributed by atoms with Crippen molar-refractivity contribution in [1.29, 1.82) is 5.41 Å². The molecule has 0 aromatic heterocycles. The molecule has 0 heterocycles. The molecule has 0 amide bonds. The Morgan fingerprint density at radius 1 is 1.17 bits per heavy atom. The standard InChI is InChI=1S/C13H10BrFN2O/c14-8-1-4-10(5-2-8)18-12-6-3-9(15)7-11(12)13(16)17/h1-7H,(H3,16,17). The van der Waals surface area contributed by atoms with E-state index < -0.39 is 5.82 Å². The van der Waals surface area contributed by atoms with E-state index in [2.05, 4.69) is 15.9 Å². The zero-order valence-corrected chi connectivity index (χ0v) is 10.9. The molecule has 0 saturated heterocycles. The van der Waals surface area contributed by atoms with Crippen molar-refractivity contribution in [2.24, 2.45) is 5.73 Å².